The van der Waals surface area contributed by atoms with Gasteiger partial charge in [0.2, 0.25) is 0 Å². The first kappa shape index (κ1) is 8.62. The zero-order valence-electron chi connectivity index (χ0n) is 6.29. The highest BCUT2D eigenvalue weighted by molar-refractivity contribution is 7.98. The Bertz CT molecular complexity index is 186. The van der Waals surface area contributed by atoms with Crippen LogP contribution in [0.1, 0.15) is 5.56 Å². The standard InChI is InChI=1S/C9H11OS/c10-6-7-11-8-9-4-2-1-3-5-9/h2-5,10H,6-8H2. The van der Waals surface area contributed by atoms with Gasteiger partial charge in [0.1, 0.15) is 0 Å². The van der Waals surface area contributed by atoms with Crippen molar-refractivity contribution >= 4 is 11.8 Å². The van der Waals surface area contributed by atoms with Crippen molar-refractivity contribution in [1.29, 1.82) is 0 Å². The maximum Gasteiger partial charge on any atom is 0.0521 e. The van der Waals surface area contributed by atoms with Crippen LogP contribution in [0.25, 0.3) is 0 Å². The molecule has 1 N–H and O–H groups in total. The summed E-state index contributed by atoms with van der Waals surface area (Å²) < 4.78 is 0. The van der Waals surface area contributed by atoms with Gasteiger partial charge in [-0.3, -0.25) is 0 Å². The lowest BCUT2D eigenvalue weighted by Crippen LogP contribution is -1.87. The predicted octanol–water partition coefficient (Wildman–Crippen LogP) is 1.71. The molecule has 0 aliphatic carbocycles. The number of aliphatic hydroxyl groups is 1. The quantitative estimate of drug-likeness (QED) is 0.689. The summed E-state index contributed by atoms with van der Waals surface area (Å²) in [5.74, 6) is 1.80. The molecule has 0 saturated carbocycles. The van der Waals surface area contributed by atoms with E-state index in [9.17, 15) is 0 Å². The lowest BCUT2D eigenvalue weighted by molar-refractivity contribution is 0.322. The first-order chi connectivity index (χ1) is 5.43. The van der Waals surface area contributed by atoms with Gasteiger partial charge in [-0.25, -0.2) is 0 Å². The zero-order valence-corrected chi connectivity index (χ0v) is 7.10. The van der Waals surface area contributed by atoms with Crippen molar-refractivity contribution in [2.24, 2.45) is 0 Å². The first-order valence-corrected chi connectivity index (χ1v) is 4.72. The van der Waals surface area contributed by atoms with E-state index >= 15 is 0 Å². The minimum absolute atomic E-state index is 0.267. The summed E-state index contributed by atoms with van der Waals surface area (Å²) >= 11 is 1.74. The maximum absolute atomic E-state index is 8.52. The Morgan fingerprint density at radius 2 is 2.09 bits per heavy atom. The number of rotatable bonds is 4. The van der Waals surface area contributed by atoms with Crippen molar-refractivity contribution in [1.82, 2.24) is 0 Å². The van der Waals surface area contributed by atoms with Crippen molar-refractivity contribution < 1.29 is 5.11 Å². The average molecular weight is 167 g/mol. The summed E-state index contributed by atoms with van der Waals surface area (Å²) in [4.78, 5) is 0. The van der Waals surface area contributed by atoms with Gasteiger partial charge in [-0.15, -0.1) is 0 Å². The van der Waals surface area contributed by atoms with Crippen LogP contribution < -0.4 is 0 Å². The summed E-state index contributed by atoms with van der Waals surface area (Å²) in [6.07, 6.45) is 0. The third kappa shape index (κ3) is 3.44. The van der Waals surface area contributed by atoms with Crippen molar-refractivity contribution in [3.05, 3.63) is 35.9 Å². The normalized spacial score (nSPS) is 9.91. The minimum Gasteiger partial charge on any atom is -0.396 e. The molecule has 1 aromatic carbocycles. The van der Waals surface area contributed by atoms with Crippen LogP contribution in [0.2, 0.25) is 0 Å². The fourth-order valence-corrected chi connectivity index (χ4v) is 1.47. The number of hydrogen-bond acceptors (Lipinski definition) is 2. The fourth-order valence-electron chi connectivity index (χ4n) is 0.772. The highest BCUT2D eigenvalue weighted by atomic mass is 32.2. The van der Waals surface area contributed by atoms with E-state index < -0.39 is 0 Å². The minimum atomic E-state index is 0.267. The molecule has 0 atom stereocenters. The van der Waals surface area contributed by atoms with E-state index in [1.54, 1.807) is 11.8 Å². The largest absolute Gasteiger partial charge is 0.396 e. The van der Waals surface area contributed by atoms with Gasteiger partial charge in [-0.2, -0.15) is 11.8 Å². The van der Waals surface area contributed by atoms with Crippen LogP contribution >= 0.6 is 11.8 Å². The molecule has 0 aliphatic heterocycles. The van der Waals surface area contributed by atoms with Crippen molar-refractivity contribution in [2.45, 2.75) is 5.75 Å². The number of aliphatic hydroxyl groups excluding tert-OH is 1. The molecule has 11 heavy (non-hydrogen) atoms. The summed E-state index contributed by atoms with van der Waals surface area (Å²) in [6.45, 7) is 0.267. The second-order valence-electron chi connectivity index (χ2n) is 2.18. The van der Waals surface area contributed by atoms with Gasteiger partial charge >= 0.3 is 0 Å². The van der Waals surface area contributed by atoms with E-state index in [1.807, 2.05) is 24.3 Å². The van der Waals surface area contributed by atoms with Gasteiger partial charge in [-0.1, -0.05) is 24.3 Å². The molecule has 0 fully saturated rings. The molecule has 59 valence electrons. The second-order valence-corrected chi connectivity index (χ2v) is 3.29. The topological polar surface area (TPSA) is 20.2 Å². The third-order valence-electron chi connectivity index (χ3n) is 1.29. The zero-order chi connectivity index (χ0) is 7.94. The summed E-state index contributed by atoms with van der Waals surface area (Å²) in [5.41, 5.74) is 1.29. The molecule has 0 unspecified atom stereocenters. The van der Waals surface area contributed by atoms with Crippen molar-refractivity contribution in [2.75, 3.05) is 12.4 Å². The molecule has 1 nitrogen and oxygen atoms in total. The van der Waals surface area contributed by atoms with Crippen LogP contribution in [-0.2, 0) is 5.75 Å². The highest BCUT2D eigenvalue weighted by Crippen LogP contribution is 2.10. The molecule has 0 heterocycles. The van der Waals surface area contributed by atoms with Gasteiger partial charge in [-0.05, 0) is 11.6 Å². The smallest absolute Gasteiger partial charge is 0.0521 e. The van der Waals surface area contributed by atoms with E-state index in [0.29, 0.717) is 0 Å². The Hall–Kier alpha value is -0.470. The van der Waals surface area contributed by atoms with Gasteiger partial charge in [0.05, 0.1) is 6.61 Å². The predicted molar refractivity (Wildman–Crippen MR) is 48.5 cm³/mol. The molecule has 1 radical (unpaired) electrons. The molecule has 0 bridgehead atoms. The molecule has 2 heteroatoms. The number of hydrogen-bond donors (Lipinski definition) is 1. The second kappa shape index (κ2) is 5.22. The van der Waals surface area contributed by atoms with Crippen LogP contribution in [0.5, 0.6) is 0 Å². The Morgan fingerprint density at radius 3 is 2.73 bits per heavy atom. The van der Waals surface area contributed by atoms with Gasteiger partial charge in [0.15, 0.2) is 0 Å². The highest BCUT2D eigenvalue weighted by Gasteiger charge is 1.89. The van der Waals surface area contributed by atoms with Gasteiger partial charge < -0.3 is 5.11 Å². The molecule has 0 aliphatic rings. The molecule has 1 rings (SSSR count). The third-order valence-corrected chi connectivity index (χ3v) is 2.30. The Labute approximate surface area is 71.4 Å². The molecule has 0 aromatic heterocycles. The lowest BCUT2D eigenvalue weighted by Gasteiger charge is -1.97. The number of thioether (sulfide) groups is 1. The van der Waals surface area contributed by atoms with Crippen molar-refractivity contribution in [3.63, 3.8) is 0 Å². The fraction of sp³-hybridized carbons (Fsp3) is 0.333. The Balaban J connectivity index is 2.28. The summed E-state index contributed by atoms with van der Waals surface area (Å²) in [6, 6.07) is 10.9. The molecule has 1 aromatic rings. The van der Waals surface area contributed by atoms with Gasteiger partial charge in [0, 0.05) is 11.5 Å². The Morgan fingerprint density at radius 1 is 1.36 bits per heavy atom. The SMILES string of the molecule is OCCSCc1cc[c]cc1. The summed E-state index contributed by atoms with van der Waals surface area (Å²) in [5, 5.41) is 8.52. The molecule has 0 saturated heterocycles. The van der Waals surface area contributed by atoms with E-state index in [2.05, 4.69) is 6.07 Å². The Kier molecular flexibility index (Phi) is 4.09. The molecule has 0 amide bonds. The monoisotopic (exact) mass is 167 g/mol. The van der Waals surface area contributed by atoms with Crippen LogP contribution in [-0.4, -0.2) is 17.5 Å². The van der Waals surface area contributed by atoms with E-state index in [-0.39, 0.29) is 6.61 Å². The van der Waals surface area contributed by atoms with Crippen LogP contribution in [0, 0.1) is 6.07 Å². The van der Waals surface area contributed by atoms with Crippen LogP contribution in [0.4, 0.5) is 0 Å². The summed E-state index contributed by atoms with van der Waals surface area (Å²) in [7, 11) is 0. The van der Waals surface area contributed by atoms with E-state index in [1.165, 1.54) is 5.56 Å². The first-order valence-electron chi connectivity index (χ1n) is 3.57. The van der Waals surface area contributed by atoms with Crippen LogP contribution in [0.15, 0.2) is 24.3 Å². The van der Waals surface area contributed by atoms with Crippen molar-refractivity contribution in [3.8, 4) is 0 Å². The van der Waals surface area contributed by atoms with Crippen LogP contribution in [0.3, 0.4) is 0 Å². The van der Waals surface area contributed by atoms with E-state index in [0.717, 1.165) is 11.5 Å². The average Bonchev–Trinajstić information content (AvgIpc) is 2.07. The lowest BCUT2D eigenvalue weighted by atomic mass is 10.2. The molecular formula is C9H11OS. The molecule has 0 spiro atoms. The van der Waals surface area contributed by atoms with Gasteiger partial charge in [0.25, 0.3) is 0 Å². The van der Waals surface area contributed by atoms with E-state index in [4.69, 9.17) is 5.11 Å². The maximum atomic E-state index is 8.52. The molecular weight excluding hydrogens is 156 g/mol. The number of benzene rings is 1.